The van der Waals surface area contributed by atoms with Crippen molar-refractivity contribution in [1.82, 2.24) is 14.5 Å². The summed E-state index contributed by atoms with van der Waals surface area (Å²) >= 11 is 0. The molecular formula is C23H27N3O. The first-order valence-corrected chi connectivity index (χ1v) is 10.0. The predicted octanol–water partition coefficient (Wildman–Crippen LogP) is 4.74. The molecule has 1 atom stereocenters. The number of amides is 1. The molecule has 1 amide bonds. The summed E-state index contributed by atoms with van der Waals surface area (Å²) < 4.78 is 2.36. The molecular weight excluding hydrogens is 334 g/mol. The summed E-state index contributed by atoms with van der Waals surface area (Å²) in [5, 5.41) is 0. The van der Waals surface area contributed by atoms with E-state index in [1.807, 2.05) is 29.2 Å². The van der Waals surface area contributed by atoms with Gasteiger partial charge in [0.25, 0.3) is 0 Å². The Hall–Kier alpha value is -2.62. The average molecular weight is 361 g/mol. The van der Waals surface area contributed by atoms with Crippen molar-refractivity contribution >= 4 is 16.9 Å². The van der Waals surface area contributed by atoms with Gasteiger partial charge < -0.3 is 9.47 Å². The zero-order valence-corrected chi connectivity index (χ0v) is 16.0. The van der Waals surface area contributed by atoms with E-state index in [9.17, 15) is 4.79 Å². The maximum atomic E-state index is 12.6. The molecule has 0 bridgehead atoms. The Labute approximate surface area is 160 Å². The lowest BCUT2D eigenvalue weighted by atomic mass is 10.1. The molecule has 3 aromatic rings. The van der Waals surface area contributed by atoms with Crippen LogP contribution in [0.4, 0.5) is 0 Å². The Bertz CT molecular complexity index is 916. The van der Waals surface area contributed by atoms with Gasteiger partial charge in [0.05, 0.1) is 11.0 Å². The highest BCUT2D eigenvalue weighted by Crippen LogP contribution is 2.31. The van der Waals surface area contributed by atoms with E-state index in [4.69, 9.17) is 4.98 Å². The van der Waals surface area contributed by atoms with Gasteiger partial charge in [0.2, 0.25) is 5.91 Å². The van der Waals surface area contributed by atoms with E-state index >= 15 is 0 Å². The molecule has 1 aromatic heterocycles. The molecule has 0 aliphatic carbocycles. The van der Waals surface area contributed by atoms with Crippen molar-refractivity contribution in [3.63, 3.8) is 0 Å². The fourth-order valence-electron chi connectivity index (χ4n) is 4.06. The molecule has 1 aliphatic rings. The Morgan fingerprint density at radius 2 is 1.81 bits per heavy atom. The van der Waals surface area contributed by atoms with E-state index < -0.39 is 0 Å². The lowest BCUT2D eigenvalue weighted by molar-refractivity contribution is -0.128. The lowest BCUT2D eigenvalue weighted by Crippen LogP contribution is -2.24. The molecule has 0 unspecified atom stereocenters. The number of para-hydroxylation sites is 2. The van der Waals surface area contributed by atoms with Crippen LogP contribution in [-0.2, 0) is 17.9 Å². The minimum absolute atomic E-state index is 0.176. The summed E-state index contributed by atoms with van der Waals surface area (Å²) in [5.41, 5.74) is 3.42. The molecule has 4 nitrogen and oxygen atoms in total. The summed E-state index contributed by atoms with van der Waals surface area (Å²) in [6, 6.07) is 18.6. The van der Waals surface area contributed by atoms with E-state index in [2.05, 4.69) is 41.8 Å². The molecule has 2 heterocycles. The first-order valence-electron chi connectivity index (χ1n) is 10.0. The van der Waals surface area contributed by atoms with E-state index in [-0.39, 0.29) is 11.8 Å². The molecule has 27 heavy (non-hydrogen) atoms. The van der Waals surface area contributed by atoms with Crippen molar-refractivity contribution in [2.75, 3.05) is 6.54 Å². The van der Waals surface area contributed by atoms with Crippen LogP contribution in [0.3, 0.4) is 0 Å². The third-order valence-corrected chi connectivity index (χ3v) is 5.47. The Morgan fingerprint density at radius 1 is 1.04 bits per heavy atom. The normalized spacial score (nSPS) is 17.1. The number of nitrogens with zero attached hydrogens (tertiary/aromatic N) is 3. The van der Waals surface area contributed by atoms with Crippen LogP contribution >= 0.6 is 0 Å². The number of aryl methyl sites for hydroxylation is 1. The first-order chi connectivity index (χ1) is 13.3. The Kier molecular flexibility index (Phi) is 5.23. The molecule has 0 saturated carbocycles. The van der Waals surface area contributed by atoms with Gasteiger partial charge in [0.1, 0.15) is 5.82 Å². The second-order valence-electron chi connectivity index (χ2n) is 7.48. The van der Waals surface area contributed by atoms with Crippen LogP contribution in [0.15, 0.2) is 54.6 Å². The van der Waals surface area contributed by atoms with Crippen LogP contribution in [0.25, 0.3) is 11.0 Å². The number of fused-ring (bicyclic) bond motifs is 1. The standard InChI is InChI=1S/C23H27N3O/c1-2-3-9-14-26-21-13-8-7-12-20(21)24-23(26)19-15-22(27)25(17-19)16-18-10-5-4-6-11-18/h4-8,10-13,19H,2-3,9,14-17H2,1H3/t19-/m1/s1. The molecule has 4 rings (SSSR count). The van der Waals surface area contributed by atoms with E-state index in [1.165, 1.54) is 23.9 Å². The molecule has 4 heteroatoms. The van der Waals surface area contributed by atoms with Gasteiger partial charge in [-0.1, -0.05) is 62.2 Å². The van der Waals surface area contributed by atoms with Crippen LogP contribution in [0, 0.1) is 0 Å². The maximum Gasteiger partial charge on any atom is 0.223 e. The Morgan fingerprint density at radius 3 is 2.63 bits per heavy atom. The highest BCUT2D eigenvalue weighted by molar-refractivity contribution is 5.81. The van der Waals surface area contributed by atoms with E-state index in [0.717, 1.165) is 30.9 Å². The summed E-state index contributed by atoms with van der Waals surface area (Å²) in [5.74, 6) is 1.49. The fraction of sp³-hybridized carbons (Fsp3) is 0.391. The molecule has 0 spiro atoms. The van der Waals surface area contributed by atoms with Gasteiger partial charge in [0.15, 0.2) is 0 Å². The fourth-order valence-corrected chi connectivity index (χ4v) is 4.06. The van der Waals surface area contributed by atoms with Gasteiger partial charge in [-0.05, 0) is 24.1 Å². The van der Waals surface area contributed by atoms with Crippen LogP contribution in [0.5, 0.6) is 0 Å². The summed E-state index contributed by atoms with van der Waals surface area (Å²) in [7, 11) is 0. The minimum atomic E-state index is 0.176. The van der Waals surface area contributed by atoms with Gasteiger partial charge in [-0.3, -0.25) is 4.79 Å². The monoisotopic (exact) mass is 361 g/mol. The summed E-state index contributed by atoms with van der Waals surface area (Å²) in [6.07, 6.45) is 4.13. The van der Waals surface area contributed by atoms with Crippen LogP contribution in [0.2, 0.25) is 0 Å². The molecule has 1 aliphatic heterocycles. The maximum absolute atomic E-state index is 12.6. The molecule has 1 saturated heterocycles. The van der Waals surface area contributed by atoms with Gasteiger partial charge in [-0.2, -0.15) is 0 Å². The van der Waals surface area contributed by atoms with Crippen LogP contribution in [0.1, 0.15) is 49.9 Å². The predicted molar refractivity (Wildman–Crippen MR) is 108 cm³/mol. The minimum Gasteiger partial charge on any atom is -0.338 e. The second kappa shape index (κ2) is 7.95. The summed E-state index contributed by atoms with van der Waals surface area (Å²) in [6.45, 7) is 4.65. The van der Waals surface area contributed by atoms with Crippen molar-refractivity contribution in [2.45, 2.75) is 51.6 Å². The lowest BCUT2D eigenvalue weighted by Gasteiger charge is -2.17. The highest BCUT2D eigenvalue weighted by Gasteiger charge is 2.33. The topological polar surface area (TPSA) is 38.1 Å². The number of unbranched alkanes of at least 4 members (excludes halogenated alkanes) is 2. The molecule has 140 valence electrons. The summed E-state index contributed by atoms with van der Waals surface area (Å²) in [4.78, 5) is 19.6. The largest absolute Gasteiger partial charge is 0.338 e. The number of imidazole rings is 1. The number of carbonyl (C=O) groups excluding carboxylic acids is 1. The van der Waals surface area contributed by atoms with Crippen LogP contribution in [-0.4, -0.2) is 26.9 Å². The number of hydrogen-bond donors (Lipinski definition) is 0. The first kappa shape index (κ1) is 17.8. The van der Waals surface area contributed by atoms with Gasteiger partial charge in [-0.25, -0.2) is 4.98 Å². The molecule has 2 aromatic carbocycles. The van der Waals surface area contributed by atoms with Gasteiger partial charge in [-0.15, -0.1) is 0 Å². The van der Waals surface area contributed by atoms with Crippen molar-refractivity contribution in [1.29, 1.82) is 0 Å². The van der Waals surface area contributed by atoms with E-state index in [0.29, 0.717) is 13.0 Å². The molecule has 0 radical (unpaired) electrons. The van der Waals surface area contributed by atoms with Gasteiger partial charge >= 0.3 is 0 Å². The molecule has 1 fully saturated rings. The van der Waals surface area contributed by atoms with Gasteiger partial charge in [0, 0.05) is 32.0 Å². The number of hydrogen-bond acceptors (Lipinski definition) is 2. The van der Waals surface area contributed by atoms with Crippen molar-refractivity contribution in [2.24, 2.45) is 0 Å². The quantitative estimate of drug-likeness (QED) is 0.570. The van der Waals surface area contributed by atoms with Crippen molar-refractivity contribution < 1.29 is 4.79 Å². The number of benzene rings is 2. The number of likely N-dealkylation sites (tertiary alicyclic amines) is 1. The smallest absolute Gasteiger partial charge is 0.223 e. The third kappa shape index (κ3) is 3.75. The highest BCUT2D eigenvalue weighted by atomic mass is 16.2. The number of aromatic nitrogens is 2. The number of rotatable bonds is 7. The van der Waals surface area contributed by atoms with Crippen molar-refractivity contribution in [3.05, 3.63) is 66.0 Å². The Balaban J connectivity index is 1.58. The van der Waals surface area contributed by atoms with Crippen molar-refractivity contribution in [3.8, 4) is 0 Å². The average Bonchev–Trinajstić information content (AvgIpc) is 3.24. The zero-order valence-electron chi connectivity index (χ0n) is 16.0. The SMILES string of the molecule is CCCCCn1c([C@@H]2CC(=O)N(Cc3ccccc3)C2)nc2ccccc21. The zero-order chi connectivity index (χ0) is 18.6. The third-order valence-electron chi connectivity index (χ3n) is 5.47. The molecule has 0 N–H and O–H groups in total. The second-order valence-corrected chi connectivity index (χ2v) is 7.48. The van der Waals surface area contributed by atoms with Crippen LogP contribution < -0.4 is 0 Å². The van der Waals surface area contributed by atoms with E-state index in [1.54, 1.807) is 0 Å². The number of carbonyl (C=O) groups is 1.